The van der Waals surface area contributed by atoms with Crippen LogP contribution in [-0.4, -0.2) is 52.0 Å². The molecule has 0 radical (unpaired) electrons. The Hall–Kier alpha value is -2.55. The van der Waals surface area contributed by atoms with Gasteiger partial charge in [-0.25, -0.2) is 13.1 Å². The fraction of sp³-hybridized carbons (Fsp3) is 0.559. The number of nitrogens with one attached hydrogen (secondary N) is 1. The first-order chi connectivity index (χ1) is 20.4. The van der Waals surface area contributed by atoms with Crippen LogP contribution in [0, 0.1) is 11.8 Å². The maximum atomic E-state index is 13.2. The summed E-state index contributed by atoms with van der Waals surface area (Å²) >= 11 is 6.41. The van der Waals surface area contributed by atoms with Gasteiger partial charge >= 0.3 is 0 Å². The number of rotatable bonds is 9. The first-order valence-electron chi connectivity index (χ1n) is 15.5. The zero-order valence-electron chi connectivity index (χ0n) is 26.0. The van der Waals surface area contributed by atoms with Crippen molar-refractivity contribution in [1.29, 1.82) is 0 Å². The van der Waals surface area contributed by atoms with Gasteiger partial charge in [-0.05, 0) is 113 Å². The second-order valence-electron chi connectivity index (χ2n) is 13.0. The van der Waals surface area contributed by atoms with E-state index in [1.165, 1.54) is 11.1 Å². The van der Waals surface area contributed by atoms with E-state index < -0.39 is 21.2 Å². The molecule has 1 spiro atoms. The molecule has 2 aromatic carbocycles. The fourth-order valence-electron chi connectivity index (χ4n) is 7.08. The molecule has 7 nitrogen and oxygen atoms in total. The van der Waals surface area contributed by atoms with E-state index in [9.17, 15) is 13.2 Å². The maximum absolute atomic E-state index is 13.2. The number of anilines is 1. The van der Waals surface area contributed by atoms with E-state index >= 15 is 0 Å². The highest BCUT2D eigenvalue weighted by Crippen LogP contribution is 2.48. The predicted molar refractivity (Wildman–Crippen MR) is 173 cm³/mol. The Bertz CT molecular complexity index is 1490. The minimum absolute atomic E-state index is 0.244. The number of hydrogen-bond acceptors (Lipinski definition) is 6. The SMILES string of the molecule is CC/C=C/[C@](C)(OC)[C@@H]1CC[C@H]1CN1C[C@@]2(CCCc3cc(Cl)ccc32)COc2ccc(C(=O)NS(=O)(=O)C(C)C)cc21. The van der Waals surface area contributed by atoms with Gasteiger partial charge in [0.05, 0.1) is 23.1 Å². The van der Waals surface area contributed by atoms with Crippen LogP contribution in [0.2, 0.25) is 5.02 Å². The molecule has 3 aliphatic rings. The number of methoxy groups -OCH3 is 1. The van der Waals surface area contributed by atoms with E-state index in [-0.39, 0.29) is 11.0 Å². The fourth-order valence-corrected chi connectivity index (χ4v) is 7.89. The van der Waals surface area contributed by atoms with Gasteiger partial charge in [-0.1, -0.05) is 36.7 Å². The van der Waals surface area contributed by atoms with Crippen molar-refractivity contribution in [3.8, 4) is 5.75 Å². The zero-order chi connectivity index (χ0) is 31.0. The molecule has 0 bridgehead atoms. The molecular formula is C34H45ClN2O5S. The van der Waals surface area contributed by atoms with Crippen LogP contribution < -0.4 is 14.4 Å². The third-order valence-corrected chi connectivity index (χ3v) is 11.8. The Balaban J connectivity index is 1.53. The van der Waals surface area contributed by atoms with E-state index in [1.807, 2.05) is 12.1 Å². The molecule has 2 aromatic rings. The van der Waals surface area contributed by atoms with Crippen molar-refractivity contribution < 1.29 is 22.7 Å². The highest BCUT2D eigenvalue weighted by Gasteiger charge is 2.47. The topological polar surface area (TPSA) is 84.9 Å². The number of aryl methyl sites for hydroxylation is 1. The normalized spacial score (nSPS) is 25.0. The number of allylic oxidation sites excluding steroid dienone is 1. The van der Waals surface area contributed by atoms with Crippen molar-refractivity contribution >= 4 is 33.2 Å². The van der Waals surface area contributed by atoms with Crippen LogP contribution in [0.4, 0.5) is 5.69 Å². The van der Waals surface area contributed by atoms with Crippen molar-refractivity contribution in [2.24, 2.45) is 11.8 Å². The molecule has 1 heterocycles. The Labute approximate surface area is 262 Å². The highest BCUT2D eigenvalue weighted by atomic mass is 35.5. The van der Waals surface area contributed by atoms with Crippen molar-refractivity contribution in [3.63, 3.8) is 0 Å². The molecule has 0 aromatic heterocycles. The third-order valence-electron chi connectivity index (χ3n) is 9.89. The number of benzene rings is 2. The van der Waals surface area contributed by atoms with E-state index in [1.54, 1.807) is 33.1 Å². The van der Waals surface area contributed by atoms with E-state index in [0.717, 1.165) is 62.3 Å². The lowest BCUT2D eigenvalue weighted by atomic mass is 9.64. The molecule has 43 heavy (non-hydrogen) atoms. The van der Waals surface area contributed by atoms with Crippen LogP contribution in [0.15, 0.2) is 48.6 Å². The number of carbonyl (C=O) groups is 1. The van der Waals surface area contributed by atoms with Crippen LogP contribution in [0.3, 0.4) is 0 Å². The summed E-state index contributed by atoms with van der Waals surface area (Å²) in [6, 6.07) is 11.5. The van der Waals surface area contributed by atoms with Gasteiger partial charge in [0.1, 0.15) is 5.75 Å². The smallest absolute Gasteiger partial charge is 0.264 e. The zero-order valence-corrected chi connectivity index (χ0v) is 27.6. The maximum Gasteiger partial charge on any atom is 0.264 e. The predicted octanol–water partition coefficient (Wildman–Crippen LogP) is 6.68. The lowest BCUT2D eigenvalue weighted by Gasteiger charge is -2.49. The molecule has 0 unspecified atom stereocenters. The number of halogens is 1. The molecule has 234 valence electrons. The summed E-state index contributed by atoms with van der Waals surface area (Å²) in [5.41, 5.74) is 3.06. The van der Waals surface area contributed by atoms with Crippen molar-refractivity contribution in [3.05, 3.63) is 70.3 Å². The van der Waals surface area contributed by atoms with Gasteiger partial charge < -0.3 is 14.4 Å². The van der Waals surface area contributed by atoms with Crippen LogP contribution in [0.5, 0.6) is 5.75 Å². The monoisotopic (exact) mass is 628 g/mol. The van der Waals surface area contributed by atoms with Gasteiger partial charge in [0.2, 0.25) is 10.0 Å². The molecule has 1 fully saturated rings. The molecule has 1 aliphatic heterocycles. The van der Waals surface area contributed by atoms with Gasteiger partial charge in [-0.15, -0.1) is 0 Å². The first kappa shape index (κ1) is 31.9. The Morgan fingerprint density at radius 1 is 1.26 bits per heavy atom. The largest absolute Gasteiger partial charge is 0.490 e. The number of nitrogens with zero attached hydrogens (tertiary/aromatic N) is 1. The third kappa shape index (κ3) is 6.34. The van der Waals surface area contributed by atoms with E-state index in [0.29, 0.717) is 29.8 Å². The van der Waals surface area contributed by atoms with Crippen molar-refractivity contribution in [2.75, 3.05) is 31.7 Å². The first-order valence-corrected chi connectivity index (χ1v) is 17.4. The quantitative estimate of drug-likeness (QED) is 0.312. The summed E-state index contributed by atoms with van der Waals surface area (Å²) in [5.74, 6) is 0.800. The number of hydrogen-bond donors (Lipinski definition) is 1. The number of sulfonamides is 1. The summed E-state index contributed by atoms with van der Waals surface area (Å²) in [7, 11) is -1.98. The lowest BCUT2D eigenvalue weighted by Crippen LogP contribution is -2.52. The second kappa shape index (κ2) is 12.4. The molecule has 1 saturated carbocycles. The van der Waals surface area contributed by atoms with Gasteiger partial charge in [0.15, 0.2) is 0 Å². The minimum atomic E-state index is -3.77. The average Bonchev–Trinajstić information content (AvgIpc) is 3.10. The minimum Gasteiger partial charge on any atom is -0.490 e. The lowest BCUT2D eigenvalue weighted by molar-refractivity contribution is -0.0621. The Morgan fingerprint density at radius 2 is 2.05 bits per heavy atom. The number of amides is 1. The van der Waals surface area contributed by atoms with Crippen LogP contribution in [0.25, 0.3) is 0 Å². The summed E-state index contributed by atoms with van der Waals surface area (Å²) in [6.45, 7) is 9.43. The van der Waals surface area contributed by atoms with Crippen molar-refractivity contribution in [2.45, 2.75) is 82.5 Å². The standard InChI is InChI=1S/C34H45ClN2O5S/c1-6-7-16-33(4,41-5)28-13-10-26(28)20-37-21-34(17-8-9-24-18-27(35)12-14-29(24)34)22-42-31-15-11-25(19-30(31)37)32(38)36-43(39,40)23(2)3/h7,11-12,14-16,18-19,23,26,28H,6,8-10,13,17,20-22H2,1-5H3,(H,36,38)/b16-7+/t26-,28+,33-,34-/m0/s1. The molecule has 4 atom stereocenters. The summed E-state index contributed by atoms with van der Waals surface area (Å²) in [5, 5.41) is 0.0259. The average molecular weight is 629 g/mol. The summed E-state index contributed by atoms with van der Waals surface area (Å²) < 4.78 is 39.9. The van der Waals surface area contributed by atoms with Crippen molar-refractivity contribution in [1.82, 2.24) is 4.72 Å². The number of carbonyl (C=O) groups excluding carboxylic acids is 1. The van der Waals surface area contributed by atoms with Crippen LogP contribution in [0.1, 0.15) is 81.3 Å². The molecule has 1 N–H and O–H groups in total. The molecule has 0 saturated heterocycles. The van der Waals surface area contributed by atoms with E-state index in [4.69, 9.17) is 21.1 Å². The molecule has 5 rings (SSSR count). The van der Waals surface area contributed by atoms with Gasteiger partial charge in [0, 0.05) is 36.2 Å². The van der Waals surface area contributed by atoms with E-state index in [2.05, 4.69) is 47.8 Å². The number of fused-ring (bicyclic) bond motifs is 3. The molecule has 2 aliphatic carbocycles. The van der Waals surface area contributed by atoms with Gasteiger partial charge in [-0.2, -0.15) is 0 Å². The molecular weight excluding hydrogens is 584 g/mol. The van der Waals surface area contributed by atoms with Crippen LogP contribution >= 0.6 is 11.6 Å². The molecule has 9 heteroatoms. The van der Waals surface area contributed by atoms with Crippen LogP contribution in [-0.2, 0) is 26.6 Å². The Morgan fingerprint density at radius 3 is 2.72 bits per heavy atom. The summed E-state index contributed by atoms with van der Waals surface area (Å²) in [4.78, 5) is 15.5. The number of ether oxygens (including phenoxy) is 2. The van der Waals surface area contributed by atoms with Gasteiger partial charge in [-0.3, -0.25) is 4.79 Å². The summed E-state index contributed by atoms with van der Waals surface area (Å²) in [6.07, 6.45) is 10.5. The second-order valence-corrected chi connectivity index (χ2v) is 15.6. The molecule has 1 amide bonds. The Kier molecular flexibility index (Phi) is 9.22. The highest BCUT2D eigenvalue weighted by molar-refractivity contribution is 7.90. The van der Waals surface area contributed by atoms with Gasteiger partial charge in [0.25, 0.3) is 5.91 Å².